The summed E-state index contributed by atoms with van der Waals surface area (Å²) in [5.74, 6) is -0.401. The first-order chi connectivity index (χ1) is 17.6. The van der Waals surface area contributed by atoms with Crippen LogP contribution in [0.3, 0.4) is 0 Å². The van der Waals surface area contributed by atoms with Crippen molar-refractivity contribution in [3.8, 4) is 5.75 Å². The van der Waals surface area contributed by atoms with Gasteiger partial charge in [-0.2, -0.15) is 0 Å². The van der Waals surface area contributed by atoms with E-state index in [0.29, 0.717) is 17.1 Å². The predicted molar refractivity (Wildman–Crippen MR) is 141 cm³/mol. The second kappa shape index (κ2) is 9.00. The largest absolute Gasteiger partial charge is 0.507 e. The summed E-state index contributed by atoms with van der Waals surface area (Å²) in [4.78, 5) is 31.8. The van der Waals surface area contributed by atoms with E-state index in [-0.39, 0.29) is 23.3 Å². The molecule has 0 spiro atoms. The van der Waals surface area contributed by atoms with Crippen LogP contribution in [0.15, 0.2) is 70.9 Å². The number of Topliss-reactive ketones (excluding diaryl/α,β-unsaturated/α-hetero) is 1. The number of amides is 1. The highest BCUT2D eigenvalue weighted by molar-refractivity contribution is 6.46. The molecule has 1 saturated heterocycles. The summed E-state index contributed by atoms with van der Waals surface area (Å²) in [5.41, 5.74) is 3.57. The number of aliphatic hydroxyl groups is 1. The molecular weight excluding hydrogens is 468 g/mol. The molecule has 2 aromatic carbocycles. The van der Waals surface area contributed by atoms with Crippen LogP contribution in [0.25, 0.3) is 16.7 Å². The van der Waals surface area contributed by atoms with E-state index in [4.69, 9.17) is 9.15 Å². The number of nitrogens with zero attached hydrogens (tertiary/aromatic N) is 1. The summed E-state index contributed by atoms with van der Waals surface area (Å²) in [5, 5.41) is 12.5. The number of hydrogen-bond donors (Lipinski definition) is 2. The Balaban J connectivity index is 1.75. The highest BCUT2D eigenvalue weighted by atomic mass is 16.5. The van der Waals surface area contributed by atoms with Crippen molar-refractivity contribution in [1.29, 1.82) is 0 Å². The maximum atomic E-state index is 13.5. The van der Waals surface area contributed by atoms with Gasteiger partial charge in [0.2, 0.25) is 0 Å². The molecule has 4 aromatic rings. The monoisotopic (exact) mass is 498 g/mol. The molecular formula is C30H30N2O5. The van der Waals surface area contributed by atoms with E-state index >= 15 is 0 Å². The van der Waals surface area contributed by atoms with Gasteiger partial charge >= 0.3 is 0 Å². The summed E-state index contributed by atoms with van der Waals surface area (Å²) >= 11 is 0. The lowest BCUT2D eigenvalue weighted by Gasteiger charge is -2.25. The van der Waals surface area contributed by atoms with Gasteiger partial charge in [-0.15, -0.1) is 0 Å². The van der Waals surface area contributed by atoms with Crippen LogP contribution in [0.4, 0.5) is 0 Å². The van der Waals surface area contributed by atoms with E-state index in [1.807, 2.05) is 58.0 Å². The van der Waals surface area contributed by atoms with Crippen LogP contribution in [0.5, 0.6) is 5.75 Å². The first-order valence-electron chi connectivity index (χ1n) is 12.2. The van der Waals surface area contributed by atoms with Crippen molar-refractivity contribution < 1.29 is 23.8 Å². The van der Waals surface area contributed by atoms with E-state index in [0.717, 1.165) is 27.7 Å². The topological polar surface area (TPSA) is 95.8 Å². The van der Waals surface area contributed by atoms with Crippen LogP contribution in [0.2, 0.25) is 0 Å². The van der Waals surface area contributed by atoms with Gasteiger partial charge in [-0.25, -0.2) is 0 Å². The number of rotatable bonds is 5. The molecule has 7 heteroatoms. The molecule has 2 N–H and O–H groups in total. The quantitative estimate of drug-likeness (QED) is 0.200. The molecule has 1 unspecified atom stereocenters. The van der Waals surface area contributed by atoms with Gasteiger partial charge < -0.3 is 24.1 Å². The Labute approximate surface area is 215 Å². The van der Waals surface area contributed by atoms with Crippen LogP contribution in [-0.4, -0.2) is 33.8 Å². The number of fused-ring (bicyclic) bond motifs is 1. The fraction of sp³-hybridized carbons (Fsp3) is 0.267. The third-order valence-electron chi connectivity index (χ3n) is 6.94. The van der Waals surface area contributed by atoms with Crippen LogP contribution >= 0.6 is 0 Å². The molecule has 1 amide bonds. The molecule has 7 nitrogen and oxygen atoms in total. The molecule has 1 aliphatic heterocycles. The number of aryl methyl sites for hydroxylation is 1. The van der Waals surface area contributed by atoms with Crippen molar-refractivity contribution in [1.82, 2.24) is 9.88 Å². The molecule has 1 atom stereocenters. The molecule has 2 aromatic heterocycles. The van der Waals surface area contributed by atoms with Gasteiger partial charge in [0.05, 0.1) is 31.5 Å². The molecule has 1 fully saturated rings. The smallest absolute Gasteiger partial charge is 0.296 e. The van der Waals surface area contributed by atoms with Crippen LogP contribution in [0.1, 0.15) is 55.0 Å². The summed E-state index contributed by atoms with van der Waals surface area (Å²) in [6.45, 7) is 8.14. The minimum Gasteiger partial charge on any atom is -0.507 e. The van der Waals surface area contributed by atoms with Crippen molar-refractivity contribution in [2.24, 2.45) is 0 Å². The lowest BCUT2D eigenvalue weighted by molar-refractivity contribution is -0.140. The maximum absolute atomic E-state index is 13.5. The lowest BCUT2D eigenvalue weighted by Crippen LogP contribution is -2.29. The number of ether oxygens (including phenoxy) is 1. The number of methoxy groups -OCH3 is 1. The van der Waals surface area contributed by atoms with Crippen molar-refractivity contribution in [3.05, 3.63) is 94.6 Å². The summed E-state index contributed by atoms with van der Waals surface area (Å²) < 4.78 is 11.1. The van der Waals surface area contributed by atoms with Gasteiger partial charge in [-0.1, -0.05) is 39.0 Å². The SMILES string of the molecule is COc1ccc(/C(O)=C2\C(=O)C(=O)N(Cc3ccco3)C2c2c(C)[nH]c3ccccc23)cc1C(C)(C)C. The number of furan rings is 1. The van der Waals surface area contributed by atoms with E-state index in [1.54, 1.807) is 31.4 Å². The standard InChI is InChI=1S/C30H30N2O5/c1-17-24(20-10-6-7-11-22(20)31-17)26-25(28(34)29(35)32(26)16-19-9-8-14-37-19)27(33)18-12-13-23(36-5)21(15-18)30(2,3)4/h6-15,26,31,33H,16H2,1-5H3/b27-25+. The number of H-pyrrole nitrogens is 1. The third kappa shape index (κ3) is 4.10. The van der Waals surface area contributed by atoms with Crippen molar-refractivity contribution in [3.63, 3.8) is 0 Å². The average molecular weight is 499 g/mol. The first kappa shape index (κ1) is 24.4. The normalized spacial score (nSPS) is 17.6. The molecule has 3 heterocycles. The number of likely N-dealkylation sites (tertiary alicyclic amines) is 1. The van der Waals surface area contributed by atoms with Gasteiger partial charge in [0, 0.05) is 33.3 Å². The first-order valence-corrected chi connectivity index (χ1v) is 12.2. The molecule has 0 radical (unpaired) electrons. The number of hydrogen-bond acceptors (Lipinski definition) is 5. The molecule has 1 aliphatic rings. The van der Waals surface area contributed by atoms with E-state index < -0.39 is 17.7 Å². The maximum Gasteiger partial charge on any atom is 0.296 e. The fourth-order valence-electron chi connectivity index (χ4n) is 5.16. The number of carbonyl (C=O) groups excluding carboxylic acids is 2. The Morgan fingerprint density at radius 1 is 1.11 bits per heavy atom. The number of benzene rings is 2. The van der Waals surface area contributed by atoms with E-state index in [1.165, 1.54) is 11.2 Å². The number of aromatic nitrogens is 1. The fourth-order valence-corrected chi connectivity index (χ4v) is 5.16. The summed E-state index contributed by atoms with van der Waals surface area (Å²) in [7, 11) is 1.60. The second-order valence-electron chi connectivity index (χ2n) is 10.4. The Kier molecular flexibility index (Phi) is 5.94. The molecule has 0 bridgehead atoms. The zero-order valence-corrected chi connectivity index (χ0v) is 21.6. The number of carbonyl (C=O) groups is 2. The lowest BCUT2D eigenvalue weighted by atomic mass is 9.84. The number of nitrogens with one attached hydrogen (secondary N) is 1. The number of aliphatic hydroxyl groups excluding tert-OH is 1. The third-order valence-corrected chi connectivity index (χ3v) is 6.94. The van der Waals surface area contributed by atoms with Crippen molar-refractivity contribution >= 4 is 28.4 Å². The number of aromatic amines is 1. The summed E-state index contributed by atoms with van der Waals surface area (Å²) in [6, 6.07) is 15.7. The molecule has 37 heavy (non-hydrogen) atoms. The second-order valence-corrected chi connectivity index (χ2v) is 10.4. The van der Waals surface area contributed by atoms with Gasteiger partial charge in [0.25, 0.3) is 11.7 Å². The Morgan fingerprint density at radius 3 is 2.54 bits per heavy atom. The Hall–Kier alpha value is -4.26. The minimum atomic E-state index is -0.804. The van der Waals surface area contributed by atoms with Gasteiger partial charge in [0.15, 0.2) is 0 Å². The molecule has 5 rings (SSSR count). The number of para-hydroxylation sites is 1. The van der Waals surface area contributed by atoms with E-state index in [2.05, 4.69) is 4.98 Å². The highest BCUT2D eigenvalue weighted by Crippen LogP contribution is 2.44. The van der Waals surface area contributed by atoms with Crippen LogP contribution in [-0.2, 0) is 21.5 Å². The van der Waals surface area contributed by atoms with Crippen LogP contribution in [0, 0.1) is 6.92 Å². The molecule has 0 saturated carbocycles. The molecule has 190 valence electrons. The van der Waals surface area contributed by atoms with Gasteiger partial charge in [0.1, 0.15) is 17.3 Å². The van der Waals surface area contributed by atoms with Crippen LogP contribution < -0.4 is 4.74 Å². The van der Waals surface area contributed by atoms with Crippen molar-refractivity contribution in [2.45, 2.75) is 45.7 Å². The van der Waals surface area contributed by atoms with Crippen molar-refractivity contribution in [2.75, 3.05) is 7.11 Å². The minimum absolute atomic E-state index is 0.0504. The predicted octanol–water partition coefficient (Wildman–Crippen LogP) is 6.00. The zero-order valence-electron chi connectivity index (χ0n) is 21.6. The number of ketones is 1. The van der Waals surface area contributed by atoms with Gasteiger partial charge in [-0.05, 0) is 48.7 Å². The average Bonchev–Trinajstić information content (AvgIpc) is 3.56. The van der Waals surface area contributed by atoms with E-state index in [9.17, 15) is 14.7 Å². The van der Waals surface area contributed by atoms with Gasteiger partial charge in [-0.3, -0.25) is 9.59 Å². The zero-order chi connectivity index (χ0) is 26.5. The molecule has 0 aliphatic carbocycles. The Bertz CT molecular complexity index is 1540. The highest BCUT2D eigenvalue weighted by Gasteiger charge is 2.47. The Morgan fingerprint density at radius 2 is 1.86 bits per heavy atom. The summed E-state index contributed by atoms with van der Waals surface area (Å²) in [6.07, 6.45) is 1.53.